The Balaban J connectivity index is 3.09. The average Bonchev–Trinajstić information content (AvgIpc) is 2.73. The molecule has 0 radical (unpaired) electrons. The van der Waals surface area contributed by atoms with Crippen LogP contribution in [0.1, 0.15) is 34.6 Å². The zero-order valence-corrected chi connectivity index (χ0v) is 10.4. The lowest BCUT2D eigenvalue weighted by atomic mass is 10.2. The van der Waals surface area contributed by atoms with Crippen molar-refractivity contribution in [2.45, 2.75) is 13.8 Å². The number of hydrogen-bond acceptors (Lipinski definition) is 7. The first kappa shape index (κ1) is 13.5. The summed E-state index contributed by atoms with van der Waals surface area (Å²) in [5.74, 6) is 4.12. The maximum atomic E-state index is 11.7. The molecule has 17 heavy (non-hydrogen) atoms. The summed E-state index contributed by atoms with van der Waals surface area (Å²) in [7, 11) is 0. The van der Waals surface area contributed by atoms with E-state index >= 15 is 0 Å². The molecule has 0 unspecified atom stereocenters. The van der Waals surface area contributed by atoms with E-state index in [2.05, 4.69) is 5.43 Å². The van der Waals surface area contributed by atoms with E-state index in [4.69, 9.17) is 15.3 Å². The van der Waals surface area contributed by atoms with Crippen molar-refractivity contribution >= 4 is 28.3 Å². The monoisotopic (exact) mass is 258 g/mol. The van der Waals surface area contributed by atoms with Crippen LogP contribution in [0.15, 0.2) is 5.38 Å². The van der Waals surface area contributed by atoms with Crippen molar-refractivity contribution in [3.8, 4) is 0 Å². The van der Waals surface area contributed by atoms with Gasteiger partial charge in [-0.3, -0.25) is 0 Å². The number of rotatable bonds is 5. The fourth-order valence-electron chi connectivity index (χ4n) is 1.23. The van der Waals surface area contributed by atoms with E-state index in [0.29, 0.717) is 5.00 Å². The highest BCUT2D eigenvalue weighted by Gasteiger charge is 2.25. The van der Waals surface area contributed by atoms with Gasteiger partial charge in [0.25, 0.3) is 0 Å². The molecule has 0 atom stereocenters. The Hall–Kier alpha value is -1.60. The van der Waals surface area contributed by atoms with Gasteiger partial charge < -0.3 is 14.9 Å². The van der Waals surface area contributed by atoms with Gasteiger partial charge in [-0.2, -0.15) is 0 Å². The molecule has 6 nitrogen and oxygen atoms in total. The minimum atomic E-state index is -0.593. The van der Waals surface area contributed by atoms with E-state index < -0.39 is 11.9 Å². The van der Waals surface area contributed by atoms with E-state index in [1.807, 2.05) is 0 Å². The first-order valence-electron chi connectivity index (χ1n) is 5.08. The lowest BCUT2D eigenvalue weighted by molar-refractivity contribution is 0.0481. The maximum absolute atomic E-state index is 11.7. The number of carbonyl (C=O) groups is 2. The molecule has 1 aromatic heterocycles. The number of hydrogen-bond donors (Lipinski definition) is 2. The summed E-state index contributed by atoms with van der Waals surface area (Å²) >= 11 is 1.15. The van der Waals surface area contributed by atoms with Crippen LogP contribution in [0.25, 0.3) is 0 Å². The summed E-state index contributed by atoms with van der Waals surface area (Å²) in [6, 6.07) is 0. The van der Waals surface area contributed by atoms with Crippen molar-refractivity contribution in [3.63, 3.8) is 0 Å². The third-order valence-corrected chi connectivity index (χ3v) is 2.81. The maximum Gasteiger partial charge on any atom is 0.342 e. The molecule has 1 rings (SSSR count). The van der Waals surface area contributed by atoms with Crippen LogP contribution in [-0.4, -0.2) is 25.2 Å². The SMILES string of the molecule is CCOC(=O)c1csc(NN)c1C(=O)OCC. The third kappa shape index (κ3) is 2.95. The second kappa shape index (κ2) is 6.21. The minimum absolute atomic E-state index is 0.123. The van der Waals surface area contributed by atoms with Crippen LogP contribution in [0, 0.1) is 0 Å². The fraction of sp³-hybridized carbons (Fsp3) is 0.400. The van der Waals surface area contributed by atoms with Gasteiger partial charge in [-0.15, -0.1) is 11.3 Å². The van der Waals surface area contributed by atoms with Gasteiger partial charge in [0, 0.05) is 5.38 Å². The highest BCUT2D eigenvalue weighted by Crippen LogP contribution is 2.28. The van der Waals surface area contributed by atoms with Crippen LogP contribution < -0.4 is 11.3 Å². The predicted octanol–water partition coefficient (Wildman–Crippen LogP) is 1.39. The number of anilines is 1. The molecule has 0 aromatic carbocycles. The topological polar surface area (TPSA) is 90.6 Å². The number of hydrazine groups is 1. The van der Waals surface area contributed by atoms with Crippen LogP contribution in [0.2, 0.25) is 0 Å². The molecule has 0 bridgehead atoms. The van der Waals surface area contributed by atoms with Gasteiger partial charge in [0.05, 0.1) is 18.8 Å². The Morgan fingerprint density at radius 1 is 1.29 bits per heavy atom. The molecule has 0 fully saturated rings. The zero-order valence-electron chi connectivity index (χ0n) is 9.61. The van der Waals surface area contributed by atoms with Gasteiger partial charge in [0.1, 0.15) is 10.6 Å². The van der Waals surface area contributed by atoms with Crippen LogP contribution in [0.4, 0.5) is 5.00 Å². The molecule has 94 valence electrons. The van der Waals surface area contributed by atoms with Gasteiger partial charge >= 0.3 is 11.9 Å². The first-order valence-corrected chi connectivity index (χ1v) is 5.95. The number of thiophene rings is 1. The number of esters is 2. The molecule has 1 aromatic rings. The van der Waals surface area contributed by atoms with Crippen molar-refractivity contribution in [3.05, 3.63) is 16.5 Å². The normalized spacial score (nSPS) is 9.82. The largest absolute Gasteiger partial charge is 0.462 e. The van der Waals surface area contributed by atoms with E-state index in [1.165, 1.54) is 5.38 Å². The van der Waals surface area contributed by atoms with Crippen LogP contribution >= 0.6 is 11.3 Å². The molecular formula is C10H14N2O4S. The number of carbonyl (C=O) groups excluding carboxylic acids is 2. The second-order valence-corrected chi connectivity index (χ2v) is 3.82. The standard InChI is InChI=1S/C10H14N2O4S/c1-3-15-9(13)6-5-17-8(12-11)7(6)10(14)16-4-2/h5,12H,3-4,11H2,1-2H3. The number of nitrogens with one attached hydrogen (secondary N) is 1. The Labute approximate surface area is 103 Å². The molecule has 3 N–H and O–H groups in total. The lowest BCUT2D eigenvalue weighted by Gasteiger charge is -2.06. The summed E-state index contributed by atoms with van der Waals surface area (Å²) in [6.07, 6.45) is 0. The zero-order chi connectivity index (χ0) is 12.8. The summed E-state index contributed by atoms with van der Waals surface area (Å²) in [6.45, 7) is 3.84. The summed E-state index contributed by atoms with van der Waals surface area (Å²) in [4.78, 5) is 23.3. The van der Waals surface area contributed by atoms with Gasteiger partial charge in [0.15, 0.2) is 0 Å². The Bertz CT molecular complexity index is 416. The summed E-state index contributed by atoms with van der Waals surface area (Å²) in [5.41, 5.74) is 2.65. The van der Waals surface area contributed by atoms with Gasteiger partial charge in [-0.25, -0.2) is 15.4 Å². The molecule has 0 saturated carbocycles. The van der Waals surface area contributed by atoms with E-state index in [1.54, 1.807) is 13.8 Å². The van der Waals surface area contributed by atoms with Gasteiger partial charge in [-0.1, -0.05) is 0 Å². The molecule has 0 spiro atoms. The van der Waals surface area contributed by atoms with E-state index in [9.17, 15) is 9.59 Å². The molecule has 0 aliphatic rings. The smallest absolute Gasteiger partial charge is 0.342 e. The third-order valence-electron chi connectivity index (χ3n) is 1.90. The first-order chi connectivity index (χ1) is 8.15. The molecule has 0 aliphatic carbocycles. The van der Waals surface area contributed by atoms with E-state index in [-0.39, 0.29) is 24.3 Å². The summed E-state index contributed by atoms with van der Waals surface area (Å²) < 4.78 is 9.71. The minimum Gasteiger partial charge on any atom is -0.462 e. The van der Waals surface area contributed by atoms with Crippen molar-refractivity contribution in [1.29, 1.82) is 0 Å². The highest BCUT2D eigenvalue weighted by molar-refractivity contribution is 7.15. The van der Waals surface area contributed by atoms with E-state index in [0.717, 1.165) is 11.3 Å². The highest BCUT2D eigenvalue weighted by atomic mass is 32.1. The fourth-order valence-corrected chi connectivity index (χ4v) is 2.06. The van der Waals surface area contributed by atoms with Crippen LogP contribution in [0.3, 0.4) is 0 Å². The molecule has 0 saturated heterocycles. The van der Waals surface area contributed by atoms with Crippen LogP contribution in [-0.2, 0) is 9.47 Å². The van der Waals surface area contributed by atoms with Crippen molar-refractivity contribution in [1.82, 2.24) is 0 Å². The number of ether oxygens (including phenoxy) is 2. The molecule has 1 heterocycles. The van der Waals surface area contributed by atoms with Gasteiger partial charge in [-0.05, 0) is 13.8 Å². The van der Waals surface area contributed by atoms with Crippen LogP contribution in [0.5, 0.6) is 0 Å². The van der Waals surface area contributed by atoms with Crippen molar-refractivity contribution < 1.29 is 19.1 Å². The van der Waals surface area contributed by atoms with Gasteiger partial charge in [0.2, 0.25) is 0 Å². The quantitative estimate of drug-likeness (QED) is 0.471. The Kier molecular flexibility index (Phi) is 4.92. The number of nitrogen functional groups attached to an aromatic ring is 1. The molecular weight excluding hydrogens is 244 g/mol. The van der Waals surface area contributed by atoms with Crippen molar-refractivity contribution in [2.24, 2.45) is 5.84 Å². The predicted molar refractivity (Wildman–Crippen MR) is 64.0 cm³/mol. The van der Waals surface area contributed by atoms with Crippen molar-refractivity contribution in [2.75, 3.05) is 18.6 Å². The lowest BCUT2D eigenvalue weighted by Crippen LogP contribution is -2.15. The Morgan fingerprint density at radius 2 is 1.88 bits per heavy atom. The Morgan fingerprint density at radius 3 is 2.41 bits per heavy atom. The second-order valence-electron chi connectivity index (χ2n) is 2.94. The molecule has 0 amide bonds. The molecule has 7 heteroatoms. The number of nitrogens with two attached hydrogens (primary N) is 1. The molecule has 0 aliphatic heterocycles. The average molecular weight is 258 g/mol. The summed E-state index contributed by atoms with van der Waals surface area (Å²) in [5, 5.41) is 1.89.